The summed E-state index contributed by atoms with van der Waals surface area (Å²) in [5.74, 6) is -2.10. The van der Waals surface area contributed by atoms with Gasteiger partial charge in [0.15, 0.2) is 0 Å². The number of carbonyl (C=O) groups excluding carboxylic acids is 4. The molecule has 1 saturated heterocycles. The van der Waals surface area contributed by atoms with Gasteiger partial charge >= 0.3 is 0 Å². The van der Waals surface area contributed by atoms with Crippen molar-refractivity contribution in [2.45, 2.75) is 116 Å². The Labute approximate surface area is 305 Å². The minimum atomic E-state index is -0.884. The average Bonchev–Trinajstić information content (AvgIpc) is 3.59. The molecule has 0 aliphatic carbocycles. The number of aliphatic hydroxyl groups excluding tert-OH is 2. The van der Waals surface area contributed by atoms with Crippen LogP contribution in [0.2, 0.25) is 0 Å². The number of hydrogen-bond acceptors (Lipinski definition) is 9. The topological polar surface area (TPSA) is 161 Å². The van der Waals surface area contributed by atoms with E-state index in [0.29, 0.717) is 24.9 Å². The standard InChI is InChI=1S/C38H65N5O8/c1-12-24(4)33(42(9)38(49)32(23(2)3)40-37(48)29(22-44)41(7)8)30(50-10)21-31(45)43-20-16-19-28(43)35(51-11)25(5)36(47)39-26(6)34(46)27-17-14-13-15-18-27/h13-15,17-18,23-26,28-30,32-35,44,46H,12,16,19-22H2,1-11H3,(H,39,47)(H,40,48)/t24-,25+,26+,28-,29-,30+,32-,33-,34+,35+/m0/s1. The van der Waals surface area contributed by atoms with Gasteiger partial charge in [-0.05, 0) is 51.3 Å². The van der Waals surface area contributed by atoms with E-state index in [0.717, 1.165) is 6.42 Å². The van der Waals surface area contributed by atoms with E-state index in [-0.39, 0.29) is 42.0 Å². The van der Waals surface area contributed by atoms with E-state index in [1.807, 2.05) is 58.0 Å². The molecule has 4 amide bonds. The summed E-state index contributed by atoms with van der Waals surface area (Å²) in [7, 11) is 8.13. The maximum atomic E-state index is 14.1. The lowest BCUT2D eigenvalue weighted by atomic mass is 9.89. The number of ether oxygens (including phenoxy) is 2. The third kappa shape index (κ3) is 11.4. The van der Waals surface area contributed by atoms with Crippen LogP contribution in [0, 0.1) is 17.8 Å². The summed E-state index contributed by atoms with van der Waals surface area (Å²) in [6.45, 7) is 11.4. The molecule has 2 rings (SSSR count). The summed E-state index contributed by atoms with van der Waals surface area (Å²) < 4.78 is 11.9. The van der Waals surface area contributed by atoms with Crippen LogP contribution in [0.5, 0.6) is 0 Å². The Morgan fingerprint density at radius 2 is 1.59 bits per heavy atom. The largest absolute Gasteiger partial charge is 0.394 e. The molecular weight excluding hydrogens is 654 g/mol. The second kappa shape index (κ2) is 20.8. The van der Waals surface area contributed by atoms with Gasteiger partial charge in [-0.15, -0.1) is 0 Å². The highest BCUT2D eigenvalue weighted by molar-refractivity contribution is 5.90. The highest BCUT2D eigenvalue weighted by Gasteiger charge is 2.43. The van der Waals surface area contributed by atoms with Crippen LogP contribution in [0.3, 0.4) is 0 Å². The SMILES string of the molecule is CC[C@H](C)[C@@H]([C@@H](CC(=O)N1CCC[C@H]1[C@H](OC)[C@@H](C)C(=O)N[C@H](C)[C@@H](O)c1ccccc1)OC)N(C)C(=O)[C@@H](NC(=O)[C@H](CO)N(C)C)C(C)C. The first-order chi connectivity index (χ1) is 24.0. The first-order valence-electron chi connectivity index (χ1n) is 18.3. The van der Waals surface area contributed by atoms with Crippen LogP contribution in [-0.2, 0) is 28.7 Å². The molecule has 0 unspecified atom stereocenters. The smallest absolute Gasteiger partial charge is 0.245 e. The van der Waals surface area contributed by atoms with Gasteiger partial charge in [-0.25, -0.2) is 0 Å². The summed E-state index contributed by atoms with van der Waals surface area (Å²) in [5, 5.41) is 26.4. The van der Waals surface area contributed by atoms with Gasteiger partial charge in [0, 0.05) is 27.8 Å². The number of benzene rings is 1. The van der Waals surface area contributed by atoms with Crippen molar-refractivity contribution >= 4 is 23.6 Å². The zero-order valence-electron chi connectivity index (χ0n) is 32.7. The second-order valence-electron chi connectivity index (χ2n) is 14.6. The summed E-state index contributed by atoms with van der Waals surface area (Å²) in [5.41, 5.74) is 0.702. The second-order valence-corrected chi connectivity index (χ2v) is 14.6. The Bertz CT molecular complexity index is 1250. The predicted octanol–water partition coefficient (Wildman–Crippen LogP) is 2.21. The third-order valence-corrected chi connectivity index (χ3v) is 10.6. The van der Waals surface area contributed by atoms with E-state index in [9.17, 15) is 29.4 Å². The molecule has 13 heteroatoms. The number of hydrogen-bond donors (Lipinski definition) is 4. The molecular formula is C38H65N5O8. The fourth-order valence-corrected chi connectivity index (χ4v) is 7.14. The van der Waals surface area contributed by atoms with Crippen molar-refractivity contribution in [1.29, 1.82) is 0 Å². The summed E-state index contributed by atoms with van der Waals surface area (Å²) in [6.07, 6.45) is -0.00553. The molecule has 0 spiro atoms. The molecule has 4 N–H and O–H groups in total. The van der Waals surface area contributed by atoms with Crippen molar-refractivity contribution in [3.63, 3.8) is 0 Å². The van der Waals surface area contributed by atoms with Crippen LogP contribution < -0.4 is 10.6 Å². The van der Waals surface area contributed by atoms with Gasteiger partial charge in [-0.2, -0.15) is 0 Å². The quantitative estimate of drug-likeness (QED) is 0.159. The molecule has 51 heavy (non-hydrogen) atoms. The molecule has 0 radical (unpaired) electrons. The van der Waals surface area contributed by atoms with Crippen LogP contribution in [-0.4, -0.2) is 139 Å². The summed E-state index contributed by atoms with van der Waals surface area (Å²) >= 11 is 0. The fraction of sp³-hybridized carbons (Fsp3) is 0.737. The summed E-state index contributed by atoms with van der Waals surface area (Å²) in [4.78, 5) is 59.6. The van der Waals surface area contributed by atoms with Gasteiger partial charge in [0.25, 0.3) is 0 Å². The first-order valence-corrected chi connectivity index (χ1v) is 18.3. The molecule has 0 saturated carbocycles. The number of aliphatic hydroxyl groups is 2. The van der Waals surface area contributed by atoms with Gasteiger partial charge < -0.3 is 40.1 Å². The number of methoxy groups -OCH3 is 2. The lowest BCUT2D eigenvalue weighted by Gasteiger charge is -2.41. The molecule has 1 heterocycles. The lowest BCUT2D eigenvalue weighted by molar-refractivity contribution is -0.148. The van der Waals surface area contributed by atoms with Gasteiger partial charge in [0.2, 0.25) is 23.6 Å². The number of carbonyl (C=O) groups is 4. The zero-order chi connectivity index (χ0) is 38.6. The van der Waals surface area contributed by atoms with Crippen LogP contribution in [0.15, 0.2) is 30.3 Å². The van der Waals surface area contributed by atoms with Gasteiger partial charge in [0.05, 0.1) is 55.4 Å². The maximum Gasteiger partial charge on any atom is 0.245 e. The van der Waals surface area contributed by atoms with E-state index in [1.165, 1.54) is 7.11 Å². The monoisotopic (exact) mass is 719 g/mol. The Kier molecular flexibility index (Phi) is 18.0. The summed E-state index contributed by atoms with van der Waals surface area (Å²) in [6, 6.07) is 6.10. The van der Waals surface area contributed by atoms with Crippen molar-refractivity contribution in [2.75, 3.05) is 48.5 Å². The van der Waals surface area contributed by atoms with Gasteiger partial charge in [-0.1, -0.05) is 71.4 Å². The lowest BCUT2D eigenvalue weighted by Crippen LogP contribution is -2.59. The van der Waals surface area contributed by atoms with Crippen LogP contribution >= 0.6 is 0 Å². The number of amides is 4. The molecule has 290 valence electrons. The molecule has 0 bridgehead atoms. The van der Waals surface area contributed by atoms with Crippen LogP contribution in [0.1, 0.15) is 78.9 Å². The van der Waals surface area contributed by atoms with Crippen LogP contribution in [0.25, 0.3) is 0 Å². The molecule has 1 aromatic rings. The Morgan fingerprint density at radius 1 is 0.961 bits per heavy atom. The molecule has 1 aromatic carbocycles. The van der Waals surface area contributed by atoms with Gasteiger partial charge in [-0.3, -0.25) is 24.1 Å². The number of nitrogens with one attached hydrogen (secondary N) is 2. The van der Waals surface area contributed by atoms with E-state index >= 15 is 0 Å². The van der Waals surface area contributed by atoms with E-state index in [1.54, 1.807) is 56.8 Å². The highest BCUT2D eigenvalue weighted by Crippen LogP contribution is 2.30. The Hall–Kier alpha value is -3.10. The highest BCUT2D eigenvalue weighted by atomic mass is 16.5. The predicted molar refractivity (Wildman–Crippen MR) is 196 cm³/mol. The van der Waals surface area contributed by atoms with E-state index < -0.39 is 60.9 Å². The fourth-order valence-electron chi connectivity index (χ4n) is 7.14. The normalized spacial score (nSPS) is 20.1. The zero-order valence-corrected chi connectivity index (χ0v) is 32.7. The van der Waals surface area contributed by atoms with Crippen LogP contribution in [0.4, 0.5) is 0 Å². The van der Waals surface area contributed by atoms with Gasteiger partial charge in [0.1, 0.15) is 12.1 Å². The number of likely N-dealkylation sites (tertiary alicyclic amines) is 1. The minimum Gasteiger partial charge on any atom is -0.394 e. The number of likely N-dealkylation sites (N-methyl/N-ethyl adjacent to an activating group) is 2. The third-order valence-electron chi connectivity index (χ3n) is 10.6. The van der Waals surface area contributed by atoms with Crippen molar-refractivity contribution in [3.8, 4) is 0 Å². The maximum absolute atomic E-state index is 14.1. The molecule has 0 aromatic heterocycles. The Balaban J connectivity index is 2.24. The molecule has 13 nitrogen and oxygen atoms in total. The van der Waals surface area contributed by atoms with E-state index in [4.69, 9.17) is 9.47 Å². The van der Waals surface area contributed by atoms with Crippen molar-refractivity contribution in [1.82, 2.24) is 25.3 Å². The first kappa shape index (κ1) is 44.1. The van der Waals surface area contributed by atoms with Crippen molar-refractivity contribution in [2.24, 2.45) is 17.8 Å². The molecule has 1 fully saturated rings. The van der Waals surface area contributed by atoms with E-state index in [2.05, 4.69) is 10.6 Å². The number of nitrogens with zero attached hydrogens (tertiary/aromatic N) is 3. The molecule has 1 aliphatic rings. The average molecular weight is 720 g/mol. The van der Waals surface area contributed by atoms with Crippen molar-refractivity contribution < 1.29 is 38.9 Å². The molecule has 10 atom stereocenters. The number of rotatable bonds is 20. The van der Waals surface area contributed by atoms with Crippen molar-refractivity contribution in [3.05, 3.63) is 35.9 Å². The molecule has 1 aliphatic heterocycles. The Morgan fingerprint density at radius 3 is 2.10 bits per heavy atom. The minimum absolute atomic E-state index is 0.00284.